The second-order valence-electron chi connectivity index (χ2n) is 5.80. The van der Waals surface area contributed by atoms with Crippen LogP contribution in [0.5, 0.6) is 0 Å². The van der Waals surface area contributed by atoms with Crippen molar-refractivity contribution in [2.75, 3.05) is 11.4 Å². The number of hydrogen-bond acceptors (Lipinski definition) is 5. The van der Waals surface area contributed by atoms with E-state index >= 15 is 0 Å². The Hall–Kier alpha value is -3.11. The third kappa shape index (κ3) is 4.74. The zero-order chi connectivity index (χ0) is 19.1. The summed E-state index contributed by atoms with van der Waals surface area (Å²) in [4.78, 5) is 18.9. The number of carbonyl (C=O) groups excluding carboxylic acids is 1. The predicted octanol–water partition coefficient (Wildman–Crippen LogP) is 3.69. The largest absolute Gasteiger partial charge is 0.310 e. The maximum Gasteiger partial charge on any atom is 0.240 e. The first-order valence-corrected chi connectivity index (χ1v) is 9.44. The van der Waals surface area contributed by atoms with Gasteiger partial charge in [-0.1, -0.05) is 48.2 Å². The number of nitrogens with zero attached hydrogens (tertiary/aromatic N) is 5. The van der Waals surface area contributed by atoms with Gasteiger partial charge in [-0.05, 0) is 31.2 Å². The molecule has 3 aromatic rings. The lowest BCUT2D eigenvalue weighted by atomic mass is 10.2. The van der Waals surface area contributed by atoms with Crippen LogP contribution in [0.3, 0.4) is 0 Å². The molecule has 0 aliphatic carbocycles. The highest BCUT2D eigenvalue weighted by molar-refractivity contribution is 8.00. The third-order valence-corrected chi connectivity index (χ3v) is 4.86. The summed E-state index contributed by atoms with van der Waals surface area (Å²) in [5.74, 6) is -0.0717. The van der Waals surface area contributed by atoms with Crippen LogP contribution in [0, 0.1) is 11.3 Å². The van der Waals surface area contributed by atoms with Gasteiger partial charge in [0.1, 0.15) is 6.33 Å². The van der Waals surface area contributed by atoms with Crippen molar-refractivity contribution < 1.29 is 4.79 Å². The molecular weight excluding hydrogens is 358 g/mol. The van der Waals surface area contributed by atoms with Crippen LogP contribution in [-0.4, -0.2) is 32.5 Å². The number of thioether (sulfide) groups is 1. The fourth-order valence-electron chi connectivity index (χ4n) is 2.57. The van der Waals surface area contributed by atoms with E-state index in [-0.39, 0.29) is 17.6 Å². The van der Waals surface area contributed by atoms with Crippen LogP contribution in [0.25, 0.3) is 5.69 Å². The third-order valence-electron chi connectivity index (χ3n) is 3.90. The van der Waals surface area contributed by atoms with E-state index in [0.717, 1.165) is 11.4 Å². The van der Waals surface area contributed by atoms with Gasteiger partial charge in [0.05, 0.1) is 23.4 Å². The highest BCUT2D eigenvalue weighted by Crippen LogP contribution is 2.24. The summed E-state index contributed by atoms with van der Waals surface area (Å²) in [7, 11) is 0. The van der Waals surface area contributed by atoms with Crippen molar-refractivity contribution in [1.29, 1.82) is 5.26 Å². The Morgan fingerprint density at radius 1 is 1.19 bits per heavy atom. The summed E-state index contributed by atoms with van der Waals surface area (Å²) in [6, 6.07) is 21.2. The minimum Gasteiger partial charge on any atom is -0.310 e. The molecule has 1 amide bonds. The second kappa shape index (κ2) is 9.01. The summed E-state index contributed by atoms with van der Waals surface area (Å²) < 4.78 is 1.68. The van der Waals surface area contributed by atoms with Crippen LogP contribution in [-0.2, 0) is 4.79 Å². The van der Waals surface area contributed by atoms with Gasteiger partial charge in [-0.15, -0.1) is 5.10 Å². The first-order chi connectivity index (χ1) is 13.2. The molecule has 0 saturated heterocycles. The molecule has 0 radical (unpaired) electrons. The van der Waals surface area contributed by atoms with Crippen molar-refractivity contribution >= 4 is 23.4 Å². The average Bonchev–Trinajstić information content (AvgIpc) is 3.18. The van der Waals surface area contributed by atoms with Gasteiger partial charge in [-0.25, -0.2) is 9.67 Å². The highest BCUT2D eigenvalue weighted by atomic mass is 32.2. The predicted molar refractivity (Wildman–Crippen MR) is 106 cm³/mol. The van der Waals surface area contributed by atoms with Gasteiger partial charge in [-0.2, -0.15) is 5.26 Å². The Kier molecular flexibility index (Phi) is 6.23. The first kappa shape index (κ1) is 18.7. The smallest absolute Gasteiger partial charge is 0.240 e. The van der Waals surface area contributed by atoms with E-state index in [0.29, 0.717) is 11.7 Å². The summed E-state index contributed by atoms with van der Waals surface area (Å²) >= 11 is 1.31. The minimum absolute atomic E-state index is 0.0717. The molecule has 0 aliphatic rings. The van der Waals surface area contributed by atoms with E-state index in [2.05, 4.69) is 16.2 Å². The number of amides is 1. The van der Waals surface area contributed by atoms with Crippen molar-refractivity contribution in [3.63, 3.8) is 0 Å². The van der Waals surface area contributed by atoms with E-state index in [9.17, 15) is 4.79 Å². The molecule has 3 rings (SSSR count). The number of para-hydroxylation sites is 2. The molecule has 1 unspecified atom stereocenters. The van der Waals surface area contributed by atoms with E-state index < -0.39 is 0 Å². The number of benzene rings is 2. The van der Waals surface area contributed by atoms with Gasteiger partial charge in [0.25, 0.3) is 0 Å². The van der Waals surface area contributed by atoms with Crippen molar-refractivity contribution in [3.8, 4) is 11.8 Å². The molecule has 1 atom stereocenters. The van der Waals surface area contributed by atoms with Crippen LogP contribution in [0.2, 0.25) is 0 Å². The Morgan fingerprint density at radius 3 is 2.52 bits per heavy atom. The lowest BCUT2D eigenvalue weighted by molar-refractivity contribution is -0.117. The Labute approximate surface area is 162 Å². The van der Waals surface area contributed by atoms with E-state index in [1.807, 2.05) is 67.6 Å². The number of rotatable bonds is 7. The van der Waals surface area contributed by atoms with Gasteiger partial charge >= 0.3 is 0 Å². The van der Waals surface area contributed by atoms with Crippen LogP contribution >= 0.6 is 11.8 Å². The maximum atomic E-state index is 13.0. The van der Waals surface area contributed by atoms with E-state index in [1.165, 1.54) is 11.8 Å². The number of anilines is 1. The summed E-state index contributed by atoms with van der Waals surface area (Å²) in [5.41, 5.74) is 1.70. The zero-order valence-corrected chi connectivity index (χ0v) is 15.7. The van der Waals surface area contributed by atoms with E-state index in [1.54, 1.807) is 15.9 Å². The topological polar surface area (TPSA) is 74.8 Å². The van der Waals surface area contributed by atoms with Crippen LogP contribution in [0.4, 0.5) is 5.69 Å². The standard InChI is InChI=1S/C20H19N5OS/c1-16(19(26)24(14-8-13-21)17-9-4-2-5-10-17)27-20-22-15-25(23-20)18-11-6-3-7-12-18/h2-7,9-12,15-16H,8,14H2,1H3. The minimum atomic E-state index is -0.379. The Balaban J connectivity index is 1.72. The molecule has 0 spiro atoms. The molecule has 136 valence electrons. The summed E-state index contributed by atoms with van der Waals surface area (Å²) in [6.07, 6.45) is 1.92. The van der Waals surface area contributed by atoms with Crippen LogP contribution in [0.1, 0.15) is 13.3 Å². The number of hydrogen-bond donors (Lipinski definition) is 0. The maximum absolute atomic E-state index is 13.0. The molecule has 0 N–H and O–H groups in total. The van der Waals surface area contributed by atoms with Gasteiger partial charge in [0, 0.05) is 12.2 Å². The first-order valence-electron chi connectivity index (χ1n) is 8.56. The lowest BCUT2D eigenvalue weighted by Gasteiger charge is -2.24. The van der Waals surface area contributed by atoms with Crippen LogP contribution in [0.15, 0.2) is 72.1 Å². The Bertz CT molecular complexity index is 920. The molecule has 0 aliphatic heterocycles. The van der Waals surface area contributed by atoms with E-state index in [4.69, 9.17) is 5.26 Å². The summed E-state index contributed by atoms with van der Waals surface area (Å²) in [5, 5.41) is 13.5. The molecule has 1 aromatic heterocycles. The fourth-order valence-corrected chi connectivity index (χ4v) is 3.36. The van der Waals surface area contributed by atoms with Gasteiger partial charge in [-0.3, -0.25) is 4.79 Å². The van der Waals surface area contributed by atoms with Crippen molar-refractivity contribution in [2.45, 2.75) is 23.8 Å². The molecule has 0 fully saturated rings. The zero-order valence-electron chi connectivity index (χ0n) is 14.9. The monoisotopic (exact) mass is 377 g/mol. The van der Waals surface area contributed by atoms with Crippen molar-refractivity contribution in [2.24, 2.45) is 0 Å². The quantitative estimate of drug-likeness (QED) is 0.587. The normalized spacial score (nSPS) is 11.6. The highest BCUT2D eigenvalue weighted by Gasteiger charge is 2.24. The molecule has 2 aromatic carbocycles. The SMILES string of the molecule is CC(Sc1ncn(-c2ccccc2)n1)C(=O)N(CCC#N)c1ccccc1. The molecular formula is C20H19N5OS. The van der Waals surface area contributed by atoms with Gasteiger partial charge in [0.15, 0.2) is 0 Å². The molecule has 6 nitrogen and oxygen atoms in total. The van der Waals surface area contributed by atoms with Gasteiger partial charge < -0.3 is 4.90 Å². The molecule has 27 heavy (non-hydrogen) atoms. The number of aromatic nitrogens is 3. The molecule has 0 saturated carbocycles. The van der Waals surface area contributed by atoms with Crippen molar-refractivity contribution in [1.82, 2.24) is 14.8 Å². The average molecular weight is 377 g/mol. The number of nitriles is 1. The van der Waals surface area contributed by atoms with Crippen molar-refractivity contribution in [3.05, 3.63) is 67.0 Å². The fraction of sp³-hybridized carbons (Fsp3) is 0.200. The Morgan fingerprint density at radius 2 is 1.85 bits per heavy atom. The molecule has 0 bridgehead atoms. The molecule has 7 heteroatoms. The summed E-state index contributed by atoms with van der Waals surface area (Å²) in [6.45, 7) is 2.19. The van der Waals surface area contributed by atoms with Crippen LogP contribution < -0.4 is 4.90 Å². The molecule has 1 heterocycles. The second-order valence-corrected chi connectivity index (χ2v) is 7.11. The number of carbonyl (C=O) groups is 1. The van der Waals surface area contributed by atoms with Gasteiger partial charge in [0.2, 0.25) is 11.1 Å². The lowest BCUT2D eigenvalue weighted by Crippen LogP contribution is -2.37.